The highest BCUT2D eigenvalue weighted by Crippen LogP contribution is 2.32. The van der Waals surface area contributed by atoms with Gasteiger partial charge in [-0.2, -0.15) is 0 Å². The highest BCUT2D eigenvalue weighted by Gasteiger charge is 2.13. The molecule has 0 bridgehead atoms. The van der Waals surface area contributed by atoms with Gasteiger partial charge in [-0.15, -0.1) is 11.3 Å². The minimum absolute atomic E-state index is 0.708. The average Bonchev–Trinajstić information content (AvgIpc) is 2.91. The van der Waals surface area contributed by atoms with Crippen LogP contribution >= 0.6 is 11.3 Å². The summed E-state index contributed by atoms with van der Waals surface area (Å²) in [5.74, 6) is 1.60. The molecule has 0 aliphatic heterocycles. The molecule has 0 aliphatic rings. The third-order valence-electron chi connectivity index (χ3n) is 3.27. The van der Waals surface area contributed by atoms with Crippen LogP contribution in [0.25, 0.3) is 16.2 Å². The first kappa shape index (κ1) is 12.0. The SMILES string of the molecule is COc1ccc(-c2csc3nc(C)c(N)n23)cc1C. The van der Waals surface area contributed by atoms with E-state index in [-0.39, 0.29) is 0 Å². The van der Waals surface area contributed by atoms with E-state index in [1.807, 2.05) is 30.4 Å². The second kappa shape index (κ2) is 4.28. The number of aromatic nitrogens is 2. The first-order valence-corrected chi connectivity index (χ1v) is 6.87. The van der Waals surface area contributed by atoms with E-state index in [1.165, 1.54) is 0 Å². The number of rotatable bonds is 2. The number of imidazole rings is 1. The van der Waals surface area contributed by atoms with Crippen LogP contribution in [-0.4, -0.2) is 16.5 Å². The lowest BCUT2D eigenvalue weighted by Crippen LogP contribution is -1.95. The van der Waals surface area contributed by atoms with Crippen LogP contribution in [0.5, 0.6) is 5.75 Å². The number of hydrogen-bond donors (Lipinski definition) is 1. The van der Waals surface area contributed by atoms with Crippen molar-refractivity contribution in [2.24, 2.45) is 0 Å². The summed E-state index contributed by atoms with van der Waals surface area (Å²) in [7, 11) is 1.68. The molecule has 0 spiro atoms. The van der Waals surface area contributed by atoms with E-state index in [1.54, 1.807) is 18.4 Å². The van der Waals surface area contributed by atoms with Gasteiger partial charge in [-0.3, -0.25) is 4.40 Å². The summed E-state index contributed by atoms with van der Waals surface area (Å²) in [6.07, 6.45) is 0. The number of methoxy groups -OCH3 is 1. The van der Waals surface area contributed by atoms with E-state index in [2.05, 4.69) is 16.4 Å². The van der Waals surface area contributed by atoms with Gasteiger partial charge in [0.15, 0.2) is 4.96 Å². The van der Waals surface area contributed by atoms with Crippen molar-refractivity contribution in [1.82, 2.24) is 9.38 Å². The molecular weight excluding hydrogens is 258 g/mol. The summed E-state index contributed by atoms with van der Waals surface area (Å²) in [6.45, 7) is 3.96. The molecule has 1 aromatic carbocycles. The molecule has 0 saturated carbocycles. The minimum atomic E-state index is 0.708. The van der Waals surface area contributed by atoms with Gasteiger partial charge in [-0.25, -0.2) is 4.98 Å². The summed E-state index contributed by atoms with van der Waals surface area (Å²) in [5, 5.41) is 2.08. The summed E-state index contributed by atoms with van der Waals surface area (Å²) in [6, 6.07) is 6.13. The van der Waals surface area contributed by atoms with Gasteiger partial charge in [0.2, 0.25) is 0 Å². The number of ether oxygens (including phenoxy) is 1. The largest absolute Gasteiger partial charge is 0.496 e. The fourth-order valence-corrected chi connectivity index (χ4v) is 3.17. The Morgan fingerprint density at radius 1 is 1.32 bits per heavy atom. The lowest BCUT2D eigenvalue weighted by Gasteiger charge is -2.07. The minimum Gasteiger partial charge on any atom is -0.496 e. The molecule has 0 atom stereocenters. The standard InChI is InChI=1S/C14H15N3OS/c1-8-6-10(4-5-12(8)18-3)11-7-19-14-16-9(2)13(15)17(11)14/h4-7H,15H2,1-3H3. The van der Waals surface area contributed by atoms with Crippen molar-refractivity contribution in [2.75, 3.05) is 12.8 Å². The first-order valence-electron chi connectivity index (χ1n) is 5.99. The van der Waals surface area contributed by atoms with E-state index < -0.39 is 0 Å². The van der Waals surface area contributed by atoms with Gasteiger partial charge < -0.3 is 10.5 Å². The molecule has 2 aromatic heterocycles. The van der Waals surface area contributed by atoms with Crippen LogP contribution in [0.1, 0.15) is 11.3 Å². The number of anilines is 1. The molecule has 3 rings (SSSR count). The molecule has 98 valence electrons. The predicted octanol–water partition coefficient (Wildman–Crippen LogP) is 3.27. The molecular formula is C14H15N3OS. The molecule has 0 unspecified atom stereocenters. The van der Waals surface area contributed by atoms with Crippen LogP contribution in [0.15, 0.2) is 23.6 Å². The molecule has 2 heterocycles. The van der Waals surface area contributed by atoms with Crippen molar-refractivity contribution in [3.05, 3.63) is 34.8 Å². The number of fused-ring (bicyclic) bond motifs is 1. The molecule has 3 aromatic rings. The molecule has 0 saturated heterocycles. The summed E-state index contributed by atoms with van der Waals surface area (Å²) < 4.78 is 7.29. The van der Waals surface area contributed by atoms with Crippen LogP contribution in [0.2, 0.25) is 0 Å². The van der Waals surface area contributed by atoms with Gasteiger partial charge >= 0.3 is 0 Å². The topological polar surface area (TPSA) is 52.5 Å². The monoisotopic (exact) mass is 273 g/mol. The van der Waals surface area contributed by atoms with Gasteiger partial charge in [0.05, 0.1) is 18.5 Å². The fourth-order valence-electron chi connectivity index (χ4n) is 2.22. The predicted molar refractivity (Wildman–Crippen MR) is 78.9 cm³/mol. The number of benzene rings is 1. The maximum Gasteiger partial charge on any atom is 0.196 e. The third kappa shape index (κ3) is 1.77. The number of aryl methyl sites for hydroxylation is 2. The quantitative estimate of drug-likeness (QED) is 0.779. The summed E-state index contributed by atoms with van der Waals surface area (Å²) >= 11 is 1.60. The second-order valence-electron chi connectivity index (χ2n) is 4.51. The molecule has 5 heteroatoms. The van der Waals surface area contributed by atoms with Crippen LogP contribution in [0, 0.1) is 13.8 Å². The summed E-state index contributed by atoms with van der Waals surface area (Å²) in [5.41, 5.74) is 10.3. The van der Waals surface area contributed by atoms with Gasteiger partial charge in [0.25, 0.3) is 0 Å². The fraction of sp³-hybridized carbons (Fsp3) is 0.214. The Balaban J connectivity index is 2.21. The zero-order chi connectivity index (χ0) is 13.6. The normalized spacial score (nSPS) is 11.1. The van der Waals surface area contributed by atoms with Gasteiger partial charge in [-0.05, 0) is 43.2 Å². The molecule has 0 radical (unpaired) electrons. The van der Waals surface area contributed by atoms with E-state index in [9.17, 15) is 0 Å². The van der Waals surface area contributed by atoms with Crippen molar-refractivity contribution >= 4 is 22.1 Å². The van der Waals surface area contributed by atoms with E-state index in [4.69, 9.17) is 10.5 Å². The van der Waals surface area contributed by atoms with Crippen LogP contribution in [-0.2, 0) is 0 Å². The highest BCUT2D eigenvalue weighted by molar-refractivity contribution is 7.15. The summed E-state index contributed by atoms with van der Waals surface area (Å²) in [4.78, 5) is 5.38. The molecule has 19 heavy (non-hydrogen) atoms. The van der Waals surface area contributed by atoms with E-state index in [0.29, 0.717) is 5.82 Å². The van der Waals surface area contributed by atoms with Crippen LogP contribution in [0.3, 0.4) is 0 Å². The first-order chi connectivity index (χ1) is 9.11. The Morgan fingerprint density at radius 2 is 2.11 bits per heavy atom. The molecule has 0 amide bonds. The Kier molecular flexibility index (Phi) is 2.71. The van der Waals surface area contributed by atoms with Crippen LogP contribution < -0.4 is 10.5 Å². The van der Waals surface area contributed by atoms with Crippen molar-refractivity contribution in [3.63, 3.8) is 0 Å². The molecule has 0 fully saturated rings. The van der Waals surface area contributed by atoms with Gasteiger partial charge in [0, 0.05) is 5.38 Å². The number of nitrogens with two attached hydrogens (primary N) is 1. The maximum absolute atomic E-state index is 6.10. The zero-order valence-corrected chi connectivity index (χ0v) is 11.9. The van der Waals surface area contributed by atoms with Crippen molar-refractivity contribution in [2.45, 2.75) is 13.8 Å². The smallest absolute Gasteiger partial charge is 0.196 e. The van der Waals surface area contributed by atoms with Gasteiger partial charge in [-0.1, -0.05) is 0 Å². The molecule has 0 aliphatic carbocycles. The Hall–Kier alpha value is -2.01. The van der Waals surface area contributed by atoms with Crippen molar-refractivity contribution in [3.8, 4) is 17.0 Å². The average molecular weight is 273 g/mol. The third-order valence-corrected chi connectivity index (χ3v) is 4.10. The zero-order valence-electron chi connectivity index (χ0n) is 11.1. The number of thiazole rings is 1. The maximum atomic E-state index is 6.10. The Morgan fingerprint density at radius 3 is 2.79 bits per heavy atom. The lowest BCUT2D eigenvalue weighted by molar-refractivity contribution is 0.412. The Labute approximate surface area is 115 Å². The molecule has 4 nitrogen and oxygen atoms in total. The van der Waals surface area contributed by atoms with E-state index in [0.717, 1.165) is 33.2 Å². The number of nitrogen functional groups attached to an aromatic ring is 1. The van der Waals surface area contributed by atoms with Crippen molar-refractivity contribution in [1.29, 1.82) is 0 Å². The van der Waals surface area contributed by atoms with Crippen molar-refractivity contribution < 1.29 is 4.74 Å². The van der Waals surface area contributed by atoms with E-state index >= 15 is 0 Å². The Bertz CT molecular complexity index is 757. The van der Waals surface area contributed by atoms with Gasteiger partial charge in [0.1, 0.15) is 11.6 Å². The second-order valence-corrected chi connectivity index (χ2v) is 5.34. The highest BCUT2D eigenvalue weighted by atomic mass is 32.1. The lowest BCUT2D eigenvalue weighted by atomic mass is 10.1. The number of nitrogens with zero attached hydrogens (tertiary/aromatic N) is 2. The van der Waals surface area contributed by atoms with Crippen LogP contribution in [0.4, 0.5) is 5.82 Å². The molecule has 2 N–H and O–H groups in total. The number of hydrogen-bond acceptors (Lipinski definition) is 4.